The van der Waals surface area contributed by atoms with Gasteiger partial charge in [0.25, 0.3) is 10.0 Å². The monoisotopic (exact) mass is 359 g/mol. The topological polar surface area (TPSA) is 72.5 Å². The predicted octanol–water partition coefficient (Wildman–Crippen LogP) is 3.58. The lowest BCUT2D eigenvalue weighted by Crippen LogP contribution is -2.13. The number of carbonyl (C=O) groups is 1. The molecule has 0 fully saturated rings. The number of ether oxygens (including phenoxy) is 1. The van der Waals surface area contributed by atoms with Crippen molar-refractivity contribution in [2.75, 3.05) is 11.8 Å². The number of nitrogens with one attached hydrogen (secondary N) is 1. The molecule has 0 aliphatic carbocycles. The molecule has 116 valence electrons. The molecule has 0 aliphatic rings. The summed E-state index contributed by atoms with van der Waals surface area (Å²) in [5.74, 6) is -0.546. The molecule has 0 saturated carbocycles. The Labute approximate surface area is 137 Å². The van der Waals surface area contributed by atoms with Crippen LogP contribution in [0.2, 0.25) is 10.0 Å². The fraction of sp³-hybridized carbons (Fsp3) is 0.0714. The van der Waals surface area contributed by atoms with E-state index in [9.17, 15) is 13.2 Å². The van der Waals surface area contributed by atoms with E-state index < -0.39 is 16.0 Å². The maximum Gasteiger partial charge on any atom is 0.337 e. The number of sulfonamides is 1. The highest BCUT2D eigenvalue weighted by Gasteiger charge is 2.17. The number of carbonyl (C=O) groups excluding carboxylic acids is 1. The third-order valence-corrected chi connectivity index (χ3v) is 4.70. The van der Waals surface area contributed by atoms with Crippen LogP contribution >= 0.6 is 23.2 Å². The molecule has 22 heavy (non-hydrogen) atoms. The first kappa shape index (κ1) is 16.6. The first-order chi connectivity index (χ1) is 10.3. The van der Waals surface area contributed by atoms with Crippen LogP contribution in [-0.2, 0) is 14.8 Å². The van der Waals surface area contributed by atoms with E-state index in [1.165, 1.54) is 43.5 Å². The van der Waals surface area contributed by atoms with Gasteiger partial charge in [0, 0.05) is 5.02 Å². The molecule has 0 bridgehead atoms. The highest BCUT2D eigenvalue weighted by atomic mass is 35.5. The number of methoxy groups -OCH3 is 1. The van der Waals surface area contributed by atoms with Crippen LogP contribution in [0.3, 0.4) is 0 Å². The summed E-state index contributed by atoms with van der Waals surface area (Å²) in [7, 11) is -2.60. The third kappa shape index (κ3) is 3.71. The standard InChI is InChI=1S/C14H11Cl2NO4S/c1-21-14(18)9-2-5-11(6-3-9)22(19,20)17-13-8-10(15)4-7-12(13)16/h2-8,17H,1H3. The lowest BCUT2D eigenvalue weighted by molar-refractivity contribution is 0.0600. The second kappa shape index (κ2) is 6.56. The molecule has 0 radical (unpaired) electrons. The first-order valence-electron chi connectivity index (χ1n) is 6.00. The van der Waals surface area contributed by atoms with E-state index in [2.05, 4.69) is 9.46 Å². The Hall–Kier alpha value is -1.76. The Balaban J connectivity index is 2.30. The van der Waals surface area contributed by atoms with E-state index in [-0.39, 0.29) is 21.2 Å². The number of hydrogen-bond acceptors (Lipinski definition) is 4. The van der Waals surface area contributed by atoms with Crippen molar-refractivity contribution in [3.8, 4) is 0 Å². The van der Waals surface area contributed by atoms with Crippen molar-refractivity contribution in [2.45, 2.75) is 4.90 Å². The highest BCUT2D eigenvalue weighted by Crippen LogP contribution is 2.27. The SMILES string of the molecule is COC(=O)c1ccc(S(=O)(=O)Nc2cc(Cl)ccc2Cl)cc1. The molecule has 2 rings (SSSR count). The normalized spacial score (nSPS) is 11.0. The van der Waals surface area contributed by atoms with E-state index in [0.29, 0.717) is 5.02 Å². The molecule has 0 aromatic heterocycles. The Morgan fingerprint density at radius 2 is 1.73 bits per heavy atom. The predicted molar refractivity (Wildman–Crippen MR) is 85.1 cm³/mol. The highest BCUT2D eigenvalue weighted by molar-refractivity contribution is 7.92. The van der Waals surface area contributed by atoms with E-state index in [1.807, 2.05) is 0 Å². The summed E-state index contributed by atoms with van der Waals surface area (Å²) < 4.78 is 31.5. The zero-order valence-corrected chi connectivity index (χ0v) is 13.7. The number of esters is 1. The minimum atomic E-state index is -3.85. The Morgan fingerprint density at radius 1 is 1.09 bits per heavy atom. The summed E-state index contributed by atoms with van der Waals surface area (Å²) in [5, 5.41) is 0.572. The van der Waals surface area contributed by atoms with E-state index in [0.717, 1.165) is 0 Å². The van der Waals surface area contributed by atoms with Crippen molar-refractivity contribution >= 4 is 44.9 Å². The van der Waals surface area contributed by atoms with Gasteiger partial charge >= 0.3 is 5.97 Å². The average molecular weight is 360 g/mol. The molecule has 8 heteroatoms. The minimum absolute atomic E-state index is 0.0174. The Kier molecular flexibility index (Phi) is 4.95. The lowest BCUT2D eigenvalue weighted by atomic mass is 10.2. The van der Waals surface area contributed by atoms with Gasteiger partial charge in [-0.2, -0.15) is 0 Å². The quantitative estimate of drug-likeness (QED) is 0.846. The van der Waals surface area contributed by atoms with Crippen LogP contribution in [0.4, 0.5) is 5.69 Å². The first-order valence-corrected chi connectivity index (χ1v) is 8.23. The van der Waals surface area contributed by atoms with Gasteiger partial charge in [-0.25, -0.2) is 13.2 Å². The van der Waals surface area contributed by atoms with Gasteiger partial charge in [-0.05, 0) is 42.5 Å². The van der Waals surface area contributed by atoms with Crippen LogP contribution in [-0.4, -0.2) is 21.5 Å². The number of benzene rings is 2. The second-order valence-corrected chi connectivity index (χ2v) is 6.77. The van der Waals surface area contributed by atoms with Crippen molar-refractivity contribution in [1.29, 1.82) is 0 Å². The van der Waals surface area contributed by atoms with Gasteiger partial charge < -0.3 is 4.74 Å². The van der Waals surface area contributed by atoms with Crippen LogP contribution in [0.25, 0.3) is 0 Å². The molecular formula is C14H11Cl2NO4S. The van der Waals surface area contributed by atoms with Gasteiger partial charge in [-0.3, -0.25) is 4.72 Å². The molecule has 2 aromatic rings. The Bertz CT molecular complexity index is 804. The molecule has 0 unspecified atom stereocenters. The van der Waals surface area contributed by atoms with Gasteiger partial charge in [-0.15, -0.1) is 0 Å². The van der Waals surface area contributed by atoms with Gasteiger partial charge in [0.1, 0.15) is 0 Å². The number of hydrogen-bond donors (Lipinski definition) is 1. The molecular weight excluding hydrogens is 349 g/mol. The van der Waals surface area contributed by atoms with Crippen LogP contribution < -0.4 is 4.72 Å². The summed E-state index contributed by atoms with van der Waals surface area (Å²) in [6.45, 7) is 0. The fourth-order valence-corrected chi connectivity index (χ4v) is 3.13. The molecule has 0 atom stereocenters. The van der Waals surface area contributed by atoms with Crippen molar-refractivity contribution in [1.82, 2.24) is 0 Å². The average Bonchev–Trinajstić information content (AvgIpc) is 2.50. The van der Waals surface area contributed by atoms with E-state index >= 15 is 0 Å². The van der Waals surface area contributed by atoms with Crippen LogP contribution in [0.15, 0.2) is 47.4 Å². The lowest BCUT2D eigenvalue weighted by Gasteiger charge is -2.10. The van der Waals surface area contributed by atoms with Gasteiger partial charge in [0.2, 0.25) is 0 Å². The van der Waals surface area contributed by atoms with E-state index in [4.69, 9.17) is 23.2 Å². The third-order valence-electron chi connectivity index (χ3n) is 2.76. The smallest absolute Gasteiger partial charge is 0.337 e. The van der Waals surface area contributed by atoms with Crippen molar-refractivity contribution in [3.05, 3.63) is 58.1 Å². The minimum Gasteiger partial charge on any atom is -0.465 e. The number of halogens is 2. The molecule has 2 aromatic carbocycles. The zero-order chi connectivity index (χ0) is 16.3. The molecule has 0 saturated heterocycles. The molecule has 5 nitrogen and oxygen atoms in total. The summed E-state index contributed by atoms with van der Waals surface area (Å²) in [6.07, 6.45) is 0. The van der Waals surface area contributed by atoms with Gasteiger partial charge in [0.05, 0.1) is 28.3 Å². The van der Waals surface area contributed by atoms with Crippen LogP contribution in [0, 0.1) is 0 Å². The maximum absolute atomic E-state index is 12.3. The zero-order valence-electron chi connectivity index (χ0n) is 11.3. The number of anilines is 1. The van der Waals surface area contributed by atoms with Gasteiger partial charge in [-0.1, -0.05) is 23.2 Å². The second-order valence-electron chi connectivity index (χ2n) is 4.25. The maximum atomic E-state index is 12.3. The Morgan fingerprint density at radius 3 is 2.32 bits per heavy atom. The molecule has 1 N–H and O–H groups in total. The fourth-order valence-electron chi connectivity index (χ4n) is 1.67. The van der Waals surface area contributed by atoms with Crippen molar-refractivity contribution < 1.29 is 17.9 Å². The summed E-state index contributed by atoms with van der Waals surface area (Å²) >= 11 is 11.7. The molecule has 0 aliphatic heterocycles. The molecule has 0 amide bonds. The molecule has 0 heterocycles. The van der Waals surface area contributed by atoms with Gasteiger partial charge in [0.15, 0.2) is 0 Å². The summed E-state index contributed by atoms with van der Waals surface area (Å²) in [5.41, 5.74) is 0.424. The number of rotatable bonds is 4. The van der Waals surface area contributed by atoms with Crippen molar-refractivity contribution in [2.24, 2.45) is 0 Å². The molecule has 0 spiro atoms. The van der Waals surface area contributed by atoms with E-state index in [1.54, 1.807) is 6.07 Å². The summed E-state index contributed by atoms with van der Waals surface area (Å²) in [6, 6.07) is 9.76. The van der Waals surface area contributed by atoms with Crippen LogP contribution in [0.5, 0.6) is 0 Å². The van der Waals surface area contributed by atoms with Crippen LogP contribution in [0.1, 0.15) is 10.4 Å². The van der Waals surface area contributed by atoms with Crippen molar-refractivity contribution in [3.63, 3.8) is 0 Å². The largest absolute Gasteiger partial charge is 0.465 e. The summed E-state index contributed by atoms with van der Waals surface area (Å²) in [4.78, 5) is 11.3.